The van der Waals surface area contributed by atoms with Crippen LogP contribution < -0.4 is 16.4 Å². The number of nitrogens with one attached hydrogen (secondary N) is 2. The molecule has 1 aromatic carbocycles. The van der Waals surface area contributed by atoms with Crippen molar-refractivity contribution in [3.63, 3.8) is 0 Å². The number of pyridine rings is 1. The van der Waals surface area contributed by atoms with Gasteiger partial charge in [0, 0.05) is 6.42 Å². The molecule has 0 spiro atoms. The molecule has 1 aliphatic heterocycles. The van der Waals surface area contributed by atoms with Gasteiger partial charge in [0.15, 0.2) is 0 Å². The Labute approximate surface area is 162 Å². The molecule has 6 nitrogen and oxygen atoms in total. The van der Waals surface area contributed by atoms with E-state index in [0.717, 1.165) is 6.07 Å². The highest BCUT2D eigenvalue weighted by Gasteiger charge is 2.44. The Balaban J connectivity index is 1.61. The minimum Gasteiger partial charge on any atom is -0.616 e. The smallest absolute Gasteiger partial charge is 0.418 e. The van der Waals surface area contributed by atoms with Crippen molar-refractivity contribution in [2.45, 2.75) is 24.7 Å². The Bertz CT molecular complexity index is 847. The molecule has 2 aromatic rings. The molecule has 1 aliphatic rings. The molecule has 0 aliphatic carbocycles. The monoisotopic (exact) mass is 412 g/mol. The molecule has 150 valence electrons. The van der Waals surface area contributed by atoms with Gasteiger partial charge in [0.25, 0.3) is 0 Å². The van der Waals surface area contributed by atoms with E-state index in [9.17, 15) is 22.5 Å². The van der Waals surface area contributed by atoms with E-state index in [1.807, 2.05) is 0 Å². The van der Waals surface area contributed by atoms with Crippen LogP contribution in [0.3, 0.4) is 0 Å². The van der Waals surface area contributed by atoms with Crippen LogP contribution in [-0.2, 0) is 28.7 Å². The summed E-state index contributed by atoms with van der Waals surface area (Å²) in [6, 6.07) is 8.33. The third kappa shape index (κ3) is 4.75. The lowest BCUT2D eigenvalue weighted by atomic mass is 9.99. The van der Waals surface area contributed by atoms with E-state index in [2.05, 4.69) is 15.6 Å². The van der Waals surface area contributed by atoms with Crippen molar-refractivity contribution < 1.29 is 22.5 Å². The molecular formula is C18H19F3N4O2S. The number of carbonyl (C=O) groups excluding carboxylic acids is 1. The van der Waals surface area contributed by atoms with Crippen LogP contribution in [0, 0.1) is 0 Å². The lowest BCUT2D eigenvalue weighted by molar-refractivity contribution is -0.137. The number of para-hydroxylation sites is 1. The van der Waals surface area contributed by atoms with Gasteiger partial charge in [0.2, 0.25) is 5.91 Å². The number of rotatable bonds is 5. The standard InChI is InChI=1S/C18H19F3N4O2S/c19-18(20,21)14-3-1-2-4-15(14)25-13-6-5-12(23-10-13)9-24-16(26)17(22)7-8-28(27)11-17/h1-6,10,25H,7-9,11,22H2,(H,24,26). The van der Waals surface area contributed by atoms with Gasteiger partial charge in [-0.15, -0.1) is 0 Å². The van der Waals surface area contributed by atoms with Crippen molar-refractivity contribution in [2.75, 3.05) is 16.8 Å². The molecule has 1 saturated heterocycles. The number of hydrogen-bond acceptors (Lipinski definition) is 5. The third-order valence-electron chi connectivity index (χ3n) is 4.41. The van der Waals surface area contributed by atoms with Crippen molar-refractivity contribution >= 4 is 28.5 Å². The fourth-order valence-electron chi connectivity index (χ4n) is 2.85. The second-order valence-corrected chi connectivity index (χ2v) is 8.16. The highest BCUT2D eigenvalue weighted by molar-refractivity contribution is 7.91. The largest absolute Gasteiger partial charge is 0.616 e. The van der Waals surface area contributed by atoms with Gasteiger partial charge in [0.05, 0.1) is 35.4 Å². The van der Waals surface area contributed by atoms with E-state index in [-0.39, 0.29) is 23.9 Å². The fraction of sp³-hybridized carbons (Fsp3) is 0.333. The molecule has 0 saturated carbocycles. The fourth-order valence-corrected chi connectivity index (χ4v) is 4.44. The molecule has 3 rings (SSSR count). The average Bonchev–Trinajstić information content (AvgIpc) is 3.00. The summed E-state index contributed by atoms with van der Waals surface area (Å²) in [7, 11) is 0. The number of amides is 1. The van der Waals surface area contributed by atoms with Gasteiger partial charge in [-0.2, -0.15) is 13.2 Å². The quantitative estimate of drug-likeness (QED) is 0.654. The van der Waals surface area contributed by atoms with E-state index in [0.29, 0.717) is 23.6 Å². The first-order chi connectivity index (χ1) is 13.2. The van der Waals surface area contributed by atoms with Crippen molar-refractivity contribution in [2.24, 2.45) is 5.73 Å². The molecule has 2 atom stereocenters. The summed E-state index contributed by atoms with van der Waals surface area (Å²) in [6.07, 6.45) is -2.72. The highest BCUT2D eigenvalue weighted by Crippen LogP contribution is 2.35. The topological polar surface area (TPSA) is 103 Å². The Kier molecular flexibility index (Phi) is 5.82. The van der Waals surface area contributed by atoms with Crippen LogP contribution in [0.4, 0.5) is 24.5 Å². The van der Waals surface area contributed by atoms with Crippen LogP contribution in [0.15, 0.2) is 42.6 Å². The number of hydrogen-bond donors (Lipinski definition) is 3. The van der Waals surface area contributed by atoms with Gasteiger partial charge in [-0.3, -0.25) is 9.78 Å². The third-order valence-corrected chi connectivity index (χ3v) is 5.91. The maximum absolute atomic E-state index is 13.0. The van der Waals surface area contributed by atoms with Crippen molar-refractivity contribution in [3.8, 4) is 0 Å². The normalized spacial score (nSPS) is 22.1. The van der Waals surface area contributed by atoms with Crippen molar-refractivity contribution in [3.05, 3.63) is 53.9 Å². The number of anilines is 2. The van der Waals surface area contributed by atoms with Crippen LogP contribution in [0.5, 0.6) is 0 Å². The van der Waals surface area contributed by atoms with Crippen LogP contribution >= 0.6 is 0 Å². The molecule has 1 fully saturated rings. The first-order valence-electron chi connectivity index (χ1n) is 8.48. The minimum absolute atomic E-state index is 0.0721. The molecule has 1 aromatic heterocycles. The number of aromatic nitrogens is 1. The van der Waals surface area contributed by atoms with E-state index < -0.39 is 28.5 Å². The average molecular weight is 412 g/mol. The maximum atomic E-state index is 13.0. The first kappa shape index (κ1) is 20.4. The van der Waals surface area contributed by atoms with Gasteiger partial charge < -0.3 is 20.9 Å². The van der Waals surface area contributed by atoms with Gasteiger partial charge in [0.1, 0.15) is 17.0 Å². The zero-order chi connectivity index (χ0) is 20.4. The summed E-state index contributed by atoms with van der Waals surface area (Å²) in [5, 5.41) is 5.37. The van der Waals surface area contributed by atoms with Crippen molar-refractivity contribution in [1.29, 1.82) is 0 Å². The van der Waals surface area contributed by atoms with E-state index in [1.54, 1.807) is 12.1 Å². The SMILES string of the molecule is NC1(C(=O)NCc2ccc(Nc3ccccc3C(F)(F)F)cn2)CC[S+]([O-])C1. The van der Waals surface area contributed by atoms with E-state index in [1.165, 1.54) is 24.4 Å². The zero-order valence-electron chi connectivity index (χ0n) is 14.8. The number of benzene rings is 1. The van der Waals surface area contributed by atoms with Gasteiger partial charge in [-0.25, -0.2) is 0 Å². The first-order valence-corrected chi connectivity index (χ1v) is 9.96. The van der Waals surface area contributed by atoms with Crippen molar-refractivity contribution in [1.82, 2.24) is 10.3 Å². The van der Waals surface area contributed by atoms with Crippen LogP contribution in [0.1, 0.15) is 17.7 Å². The summed E-state index contributed by atoms with van der Waals surface area (Å²) in [4.78, 5) is 16.4. The maximum Gasteiger partial charge on any atom is 0.418 e. The molecule has 1 amide bonds. The Hall–Kier alpha value is -2.30. The summed E-state index contributed by atoms with van der Waals surface area (Å²) < 4.78 is 50.6. The number of nitrogens with two attached hydrogens (primary N) is 1. The molecule has 0 radical (unpaired) electrons. The van der Waals surface area contributed by atoms with Crippen LogP contribution in [-0.4, -0.2) is 32.5 Å². The number of halogens is 3. The highest BCUT2D eigenvalue weighted by atomic mass is 32.2. The Morgan fingerprint density at radius 1 is 1.29 bits per heavy atom. The summed E-state index contributed by atoms with van der Waals surface area (Å²) in [5.41, 5.74) is 4.92. The molecular weight excluding hydrogens is 393 g/mol. The molecule has 2 heterocycles. The van der Waals surface area contributed by atoms with E-state index >= 15 is 0 Å². The predicted octanol–water partition coefficient (Wildman–Crippen LogP) is 2.31. The Morgan fingerprint density at radius 2 is 2.04 bits per heavy atom. The van der Waals surface area contributed by atoms with Gasteiger partial charge in [-0.05, 0) is 24.3 Å². The van der Waals surface area contributed by atoms with Crippen LogP contribution in [0.2, 0.25) is 0 Å². The predicted molar refractivity (Wildman–Crippen MR) is 100 cm³/mol. The van der Waals surface area contributed by atoms with Gasteiger partial charge >= 0.3 is 6.18 Å². The lowest BCUT2D eigenvalue weighted by Gasteiger charge is -2.19. The second kappa shape index (κ2) is 7.98. The summed E-state index contributed by atoms with van der Waals surface area (Å²) >= 11 is -1.08. The number of alkyl halides is 3. The second-order valence-electron chi connectivity index (χ2n) is 6.58. The number of nitrogens with zero attached hydrogens (tertiary/aromatic N) is 1. The molecule has 10 heteroatoms. The van der Waals surface area contributed by atoms with Crippen LogP contribution in [0.25, 0.3) is 0 Å². The zero-order valence-corrected chi connectivity index (χ0v) is 15.6. The Morgan fingerprint density at radius 3 is 2.64 bits per heavy atom. The minimum atomic E-state index is -4.47. The summed E-state index contributed by atoms with van der Waals surface area (Å²) in [6.45, 7) is 0.115. The number of carbonyl (C=O) groups is 1. The lowest BCUT2D eigenvalue weighted by Crippen LogP contribution is -2.54. The van der Waals surface area contributed by atoms with E-state index in [4.69, 9.17) is 5.73 Å². The molecule has 2 unspecified atom stereocenters. The molecule has 28 heavy (non-hydrogen) atoms. The van der Waals surface area contributed by atoms with Gasteiger partial charge in [-0.1, -0.05) is 23.3 Å². The summed E-state index contributed by atoms with van der Waals surface area (Å²) in [5.74, 6) is 0.150. The molecule has 4 N–H and O–H groups in total. The molecule has 0 bridgehead atoms.